The third-order valence-electron chi connectivity index (χ3n) is 2.31. The van der Waals surface area contributed by atoms with Crippen molar-refractivity contribution in [2.45, 2.75) is 12.8 Å². The van der Waals surface area contributed by atoms with Crippen molar-refractivity contribution in [1.82, 2.24) is 0 Å². The van der Waals surface area contributed by atoms with E-state index in [2.05, 4.69) is 0 Å². The molecule has 1 aromatic rings. The second kappa shape index (κ2) is 7.77. The van der Waals surface area contributed by atoms with E-state index in [1.165, 1.54) is 13.2 Å². The van der Waals surface area contributed by atoms with Crippen LogP contribution in [0, 0.1) is 11.3 Å². The molecule has 5 heteroatoms. The van der Waals surface area contributed by atoms with Crippen molar-refractivity contribution in [2.75, 3.05) is 13.7 Å². The van der Waals surface area contributed by atoms with Crippen molar-refractivity contribution in [2.24, 2.45) is 0 Å². The molecule has 0 spiro atoms. The van der Waals surface area contributed by atoms with Gasteiger partial charge in [-0.1, -0.05) is 12.1 Å². The Morgan fingerprint density at radius 1 is 1.53 bits per heavy atom. The summed E-state index contributed by atoms with van der Waals surface area (Å²) in [4.78, 5) is 10.5. The predicted molar refractivity (Wildman–Crippen MR) is 70.0 cm³/mol. The first-order valence-corrected chi connectivity index (χ1v) is 5.76. The smallest absolute Gasteiger partial charge is 0.328 e. The van der Waals surface area contributed by atoms with E-state index in [-0.39, 0.29) is 0 Å². The molecule has 0 aromatic heterocycles. The average Bonchev–Trinajstić information content (AvgIpc) is 2.41. The summed E-state index contributed by atoms with van der Waals surface area (Å²) < 4.78 is 10.8. The summed E-state index contributed by atoms with van der Waals surface area (Å²) in [6, 6.07) is 7.26. The number of benzene rings is 1. The van der Waals surface area contributed by atoms with E-state index in [0.717, 1.165) is 6.08 Å². The van der Waals surface area contributed by atoms with E-state index in [0.29, 0.717) is 36.5 Å². The van der Waals surface area contributed by atoms with Gasteiger partial charge in [-0.25, -0.2) is 4.79 Å². The Kier molecular flexibility index (Phi) is 5.96. The van der Waals surface area contributed by atoms with Crippen molar-refractivity contribution < 1.29 is 19.4 Å². The molecule has 0 fully saturated rings. The Morgan fingerprint density at radius 3 is 2.95 bits per heavy atom. The van der Waals surface area contributed by atoms with Crippen LogP contribution in [0.2, 0.25) is 0 Å². The fourth-order valence-corrected chi connectivity index (χ4v) is 1.47. The molecule has 0 radical (unpaired) electrons. The highest BCUT2D eigenvalue weighted by Gasteiger charge is 2.08. The van der Waals surface area contributed by atoms with E-state index in [1.807, 2.05) is 6.07 Å². The number of unbranched alkanes of at least 4 members (excludes halogenated alkanes) is 1. The van der Waals surface area contributed by atoms with Crippen molar-refractivity contribution in [1.29, 1.82) is 5.26 Å². The highest BCUT2D eigenvalue weighted by Crippen LogP contribution is 2.32. The summed E-state index contributed by atoms with van der Waals surface area (Å²) in [6.07, 6.45) is 3.51. The number of methoxy groups -OCH3 is 1. The van der Waals surface area contributed by atoms with Gasteiger partial charge in [0, 0.05) is 18.1 Å². The topological polar surface area (TPSA) is 79.6 Å². The lowest BCUT2D eigenvalue weighted by Gasteiger charge is -2.12. The predicted octanol–water partition coefficient (Wildman–Crippen LogP) is 2.48. The van der Waals surface area contributed by atoms with Gasteiger partial charge in [0.2, 0.25) is 0 Å². The van der Waals surface area contributed by atoms with Crippen molar-refractivity contribution >= 4 is 12.0 Å². The average molecular weight is 261 g/mol. The van der Waals surface area contributed by atoms with Crippen molar-refractivity contribution in [3.63, 3.8) is 0 Å². The Hall–Kier alpha value is -2.48. The summed E-state index contributed by atoms with van der Waals surface area (Å²) in [5, 5.41) is 17.1. The van der Waals surface area contributed by atoms with Crippen LogP contribution in [0.15, 0.2) is 24.3 Å². The van der Waals surface area contributed by atoms with Gasteiger partial charge < -0.3 is 14.6 Å². The Labute approximate surface area is 111 Å². The third-order valence-corrected chi connectivity index (χ3v) is 2.31. The molecule has 5 nitrogen and oxygen atoms in total. The lowest BCUT2D eigenvalue weighted by molar-refractivity contribution is -0.131. The zero-order valence-corrected chi connectivity index (χ0v) is 10.6. The van der Waals surface area contributed by atoms with Gasteiger partial charge >= 0.3 is 5.97 Å². The van der Waals surface area contributed by atoms with Crippen LogP contribution in [0.5, 0.6) is 11.5 Å². The number of ether oxygens (including phenoxy) is 2. The summed E-state index contributed by atoms with van der Waals surface area (Å²) in [6.45, 7) is 0.377. The quantitative estimate of drug-likeness (QED) is 0.602. The number of hydrogen-bond donors (Lipinski definition) is 1. The fourth-order valence-electron chi connectivity index (χ4n) is 1.47. The third kappa shape index (κ3) is 4.72. The fraction of sp³-hybridized carbons (Fsp3) is 0.286. The van der Waals surface area contributed by atoms with E-state index in [9.17, 15) is 4.79 Å². The molecule has 1 N–H and O–H groups in total. The summed E-state index contributed by atoms with van der Waals surface area (Å²) >= 11 is 0. The molecule has 0 bridgehead atoms. The zero-order valence-electron chi connectivity index (χ0n) is 10.6. The van der Waals surface area contributed by atoms with Gasteiger partial charge in [-0.2, -0.15) is 5.26 Å². The molecule has 0 saturated carbocycles. The zero-order chi connectivity index (χ0) is 14.1. The normalized spacial score (nSPS) is 10.1. The maximum Gasteiger partial charge on any atom is 0.328 e. The van der Waals surface area contributed by atoms with Gasteiger partial charge in [0.15, 0.2) is 11.5 Å². The molecule has 100 valence electrons. The molecular weight excluding hydrogens is 246 g/mol. The maximum atomic E-state index is 10.5. The van der Waals surface area contributed by atoms with Gasteiger partial charge in [-0.05, 0) is 18.6 Å². The van der Waals surface area contributed by atoms with Crippen LogP contribution in [-0.2, 0) is 4.79 Å². The molecule has 0 unspecified atom stereocenters. The standard InChI is InChI=1S/C14H15NO4/c1-18-12-6-4-5-11(7-8-13(16)17)14(12)19-10-3-2-9-15/h4-8H,2-3,10H2,1H3,(H,16,17)/b8-7+. The Bertz CT molecular complexity index is 503. The molecule has 0 aliphatic rings. The van der Waals surface area contributed by atoms with Crippen LogP contribution in [0.1, 0.15) is 18.4 Å². The molecule has 1 rings (SSSR count). The number of carboxylic acid groups (broad SMARTS) is 1. The Morgan fingerprint density at radius 2 is 2.32 bits per heavy atom. The minimum atomic E-state index is -1.03. The molecule has 19 heavy (non-hydrogen) atoms. The molecule has 0 aliphatic carbocycles. The molecule has 1 aromatic carbocycles. The second-order valence-corrected chi connectivity index (χ2v) is 3.66. The number of nitrogens with zero attached hydrogens (tertiary/aromatic N) is 1. The van der Waals surface area contributed by atoms with Gasteiger partial charge in [-0.3, -0.25) is 0 Å². The number of para-hydroxylation sites is 1. The van der Waals surface area contributed by atoms with Crippen molar-refractivity contribution in [3.05, 3.63) is 29.8 Å². The lowest BCUT2D eigenvalue weighted by Crippen LogP contribution is -2.01. The lowest BCUT2D eigenvalue weighted by atomic mass is 10.1. The first-order valence-electron chi connectivity index (χ1n) is 5.76. The van der Waals surface area contributed by atoms with E-state index >= 15 is 0 Å². The van der Waals surface area contributed by atoms with Gasteiger partial charge in [0.1, 0.15) is 0 Å². The number of aliphatic carboxylic acids is 1. The highest BCUT2D eigenvalue weighted by atomic mass is 16.5. The van der Waals surface area contributed by atoms with E-state index < -0.39 is 5.97 Å². The summed E-state index contributed by atoms with van der Waals surface area (Å²) in [5.41, 5.74) is 0.624. The van der Waals surface area contributed by atoms with Crippen LogP contribution < -0.4 is 9.47 Å². The largest absolute Gasteiger partial charge is 0.493 e. The SMILES string of the molecule is COc1cccc(/C=C/C(=O)O)c1OCCCC#N. The molecule has 0 heterocycles. The number of hydrogen-bond acceptors (Lipinski definition) is 4. The van der Waals surface area contributed by atoms with Gasteiger partial charge in [-0.15, -0.1) is 0 Å². The Balaban J connectivity index is 2.90. The monoisotopic (exact) mass is 261 g/mol. The summed E-state index contributed by atoms with van der Waals surface area (Å²) in [5.74, 6) is -0.0109. The molecular formula is C14H15NO4. The van der Waals surface area contributed by atoms with Gasteiger partial charge in [0.25, 0.3) is 0 Å². The van der Waals surface area contributed by atoms with Crippen LogP contribution in [-0.4, -0.2) is 24.8 Å². The maximum absolute atomic E-state index is 10.5. The van der Waals surface area contributed by atoms with Crippen LogP contribution in [0.3, 0.4) is 0 Å². The van der Waals surface area contributed by atoms with Gasteiger partial charge in [0.05, 0.1) is 19.8 Å². The second-order valence-electron chi connectivity index (χ2n) is 3.66. The molecule has 0 saturated heterocycles. The van der Waals surface area contributed by atoms with Crippen LogP contribution in [0.25, 0.3) is 6.08 Å². The first kappa shape index (κ1) is 14.6. The minimum absolute atomic E-state index is 0.377. The van der Waals surface area contributed by atoms with Crippen molar-refractivity contribution in [3.8, 4) is 17.6 Å². The molecule has 0 atom stereocenters. The molecule has 0 amide bonds. The number of nitriles is 1. The molecule has 0 aliphatic heterocycles. The van der Waals surface area contributed by atoms with Crippen LogP contribution >= 0.6 is 0 Å². The number of carboxylic acids is 1. The van der Waals surface area contributed by atoms with Crippen LogP contribution in [0.4, 0.5) is 0 Å². The van der Waals surface area contributed by atoms with E-state index in [4.69, 9.17) is 19.8 Å². The minimum Gasteiger partial charge on any atom is -0.493 e. The van der Waals surface area contributed by atoms with E-state index in [1.54, 1.807) is 18.2 Å². The highest BCUT2D eigenvalue weighted by molar-refractivity contribution is 5.86. The number of carbonyl (C=O) groups is 1. The number of rotatable bonds is 7. The first-order chi connectivity index (χ1) is 9.19. The summed E-state index contributed by atoms with van der Waals surface area (Å²) in [7, 11) is 1.52.